The van der Waals surface area contributed by atoms with Crippen LogP contribution in [0.2, 0.25) is 0 Å². The second-order valence-corrected chi connectivity index (χ2v) is 5.88. The van der Waals surface area contributed by atoms with Crippen LogP contribution in [0.1, 0.15) is 44.0 Å². The monoisotopic (exact) mass is 283 g/mol. The van der Waals surface area contributed by atoms with Crippen LogP contribution in [-0.4, -0.2) is 16.1 Å². The lowest BCUT2D eigenvalue weighted by atomic mass is 10.1. The maximum Gasteiger partial charge on any atom is 0.134 e. The minimum absolute atomic E-state index is 0.119. The molecule has 0 radical (unpaired) electrons. The normalized spacial score (nSPS) is 14.5. The second kappa shape index (κ2) is 5.35. The number of benzene rings is 1. The fourth-order valence-corrected chi connectivity index (χ4v) is 2.36. The Morgan fingerprint density at radius 3 is 2.57 bits per heavy atom. The number of aromatic nitrogens is 2. The van der Waals surface area contributed by atoms with Crippen LogP contribution in [0, 0.1) is 6.92 Å². The number of hydrogen-bond donors (Lipinski definition) is 1. The third-order valence-corrected chi connectivity index (χ3v) is 3.65. The van der Waals surface area contributed by atoms with Gasteiger partial charge in [-0.05, 0) is 45.7 Å². The largest absolute Gasteiger partial charge is 0.490 e. The Morgan fingerprint density at radius 2 is 1.90 bits per heavy atom. The molecule has 1 aromatic heterocycles. The summed E-state index contributed by atoms with van der Waals surface area (Å²) in [6.07, 6.45) is 2.44. The van der Waals surface area contributed by atoms with Gasteiger partial charge in [0.25, 0.3) is 0 Å². The lowest BCUT2D eigenvalue weighted by Gasteiger charge is -2.16. The zero-order valence-electron chi connectivity index (χ0n) is 12.8. The number of nitrogens with zero attached hydrogens (tertiary/aromatic N) is 2. The number of para-hydroxylation sites is 1. The summed E-state index contributed by atoms with van der Waals surface area (Å²) in [6, 6.07) is 7.98. The van der Waals surface area contributed by atoms with Crippen LogP contribution in [0.15, 0.2) is 24.3 Å². The van der Waals surface area contributed by atoms with Crippen LogP contribution in [0.25, 0.3) is 11.3 Å². The maximum atomic E-state index is 6.08. The molecule has 2 aromatic rings. The van der Waals surface area contributed by atoms with Crippen molar-refractivity contribution in [3.05, 3.63) is 35.7 Å². The fourth-order valence-electron chi connectivity index (χ4n) is 2.36. The highest BCUT2D eigenvalue weighted by molar-refractivity contribution is 5.72. The van der Waals surface area contributed by atoms with E-state index < -0.39 is 0 Å². The molecule has 1 aliphatic rings. The Hall–Kier alpha value is -2.10. The number of rotatable bonds is 4. The third kappa shape index (κ3) is 2.84. The van der Waals surface area contributed by atoms with Gasteiger partial charge in [-0.15, -0.1) is 0 Å². The molecule has 2 N–H and O–H groups in total. The fraction of sp³-hybridized carbons (Fsp3) is 0.412. The van der Waals surface area contributed by atoms with E-state index in [0.717, 1.165) is 41.2 Å². The van der Waals surface area contributed by atoms with E-state index in [-0.39, 0.29) is 6.10 Å². The minimum atomic E-state index is 0.119. The van der Waals surface area contributed by atoms with Crippen LogP contribution in [0.4, 0.5) is 5.82 Å². The predicted molar refractivity (Wildman–Crippen MR) is 84.4 cm³/mol. The Bertz CT molecular complexity index is 663. The molecular weight excluding hydrogens is 262 g/mol. The van der Waals surface area contributed by atoms with E-state index in [2.05, 4.69) is 4.98 Å². The van der Waals surface area contributed by atoms with Crippen molar-refractivity contribution in [2.45, 2.75) is 45.6 Å². The van der Waals surface area contributed by atoms with E-state index in [1.54, 1.807) is 0 Å². The Labute approximate surface area is 125 Å². The van der Waals surface area contributed by atoms with Gasteiger partial charge in [-0.1, -0.05) is 12.1 Å². The van der Waals surface area contributed by atoms with E-state index in [0.29, 0.717) is 11.7 Å². The number of nitrogens with two attached hydrogens (primary N) is 1. The average Bonchev–Trinajstić information content (AvgIpc) is 3.26. The number of anilines is 1. The van der Waals surface area contributed by atoms with Crippen LogP contribution in [0.3, 0.4) is 0 Å². The van der Waals surface area contributed by atoms with E-state index in [1.165, 1.54) is 0 Å². The van der Waals surface area contributed by atoms with Gasteiger partial charge >= 0.3 is 0 Å². The topological polar surface area (TPSA) is 61.0 Å². The van der Waals surface area contributed by atoms with Crippen molar-refractivity contribution in [3.63, 3.8) is 0 Å². The molecule has 1 heterocycles. The van der Waals surface area contributed by atoms with Crippen molar-refractivity contribution in [1.82, 2.24) is 9.97 Å². The summed E-state index contributed by atoms with van der Waals surface area (Å²) in [5.41, 5.74) is 8.88. The van der Waals surface area contributed by atoms with Crippen molar-refractivity contribution >= 4 is 5.82 Å². The van der Waals surface area contributed by atoms with Gasteiger partial charge in [0.15, 0.2) is 0 Å². The lowest BCUT2D eigenvalue weighted by Crippen LogP contribution is -2.08. The smallest absolute Gasteiger partial charge is 0.134 e. The van der Waals surface area contributed by atoms with Crippen molar-refractivity contribution in [3.8, 4) is 17.0 Å². The highest BCUT2D eigenvalue weighted by Gasteiger charge is 2.28. The predicted octanol–water partition coefficient (Wildman–Crippen LogP) is 3.70. The van der Waals surface area contributed by atoms with Crippen molar-refractivity contribution in [2.75, 3.05) is 5.73 Å². The molecule has 0 bridgehead atoms. The lowest BCUT2D eigenvalue weighted by molar-refractivity contribution is 0.243. The molecule has 21 heavy (non-hydrogen) atoms. The first-order chi connectivity index (χ1) is 10.1. The molecule has 4 nitrogen and oxygen atoms in total. The quantitative estimate of drug-likeness (QED) is 0.929. The van der Waals surface area contributed by atoms with Crippen molar-refractivity contribution in [2.24, 2.45) is 0 Å². The van der Waals surface area contributed by atoms with Crippen LogP contribution in [-0.2, 0) is 0 Å². The second-order valence-electron chi connectivity index (χ2n) is 5.88. The highest BCUT2D eigenvalue weighted by Crippen LogP contribution is 2.40. The van der Waals surface area contributed by atoms with E-state index in [1.807, 2.05) is 45.0 Å². The molecule has 0 aliphatic heterocycles. The molecule has 0 saturated heterocycles. The van der Waals surface area contributed by atoms with Gasteiger partial charge in [-0.25, -0.2) is 9.97 Å². The van der Waals surface area contributed by atoms with Crippen molar-refractivity contribution < 1.29 is 4.74 Å². The zero-order valence-corrected chi connectivity index (χ0v) is 12.8. The van der Waals surface area contributed by atoms with Gasteiger partial charge < -0.3 is 10.5 Å². The molecule has 4 heteroatoms. The highest BCUT2D eigenvalue weighted by atomic mass is 16.5. The SMILES string of the molecule is Cc1c(N)nc(C2CC2)nc1-c1ccccc1OC(C)C. The molecule has 3 rings (SSSR count). The Balaban J connectivity index is 2.11. The van der Waals surface area contributed by atoms with Crippen molar-refractivity contribution in [1.29, 1.82) is 0 Å². The molecule has 0 atom stereocenters. The molecule has 1 aliphatic carbocycles. The molecule has 0 spiro atoms. The van der Waals surface area contributed by atoms with E-state index >= 15 is 0 Å². The van der Waals surface area contributed by atoms with E-state index in [9.17, 15) is 0 Å². The molecule has 0 amide bonds. The van der Waals surface area contributed by atoms with Gasteiger partial charge in [0.05, 0.1) is 11.8 Å². The average molecular weight is 283 g/mol. The van der Waals surface area contributed by atoms with Gasteiger partial charge in [0, 0.05) is 17.0 Å². The van der Waals surface area contributed by atoms with Gasteiger partial charge in [0.2, 0.25) is 0 Å². The Morgan fingerprint density at radius 1 is 1.19 bits per heavy atom. The zero-order chi connectivity index (χ0) is 15.0. The third-order valence-electron chi connectivity index (χ3n) is 3.65. The molecule has 0 unspecified atom stereocenters. The Kier molecular flexibility index (Phi) is 3.53. The summed E-state index contributed by atoms with van der Waals surface area (Å²) >= 11 is 0. The molecule has 1 fully saturated rings. The number of hydrogen-bond acceptors (Lipinski definition) is 4. The summed E-state index contributed by atoms with van der Waals surface area (Å²) in [5.74, 6) is 2.76. The van der Waals surface area contributed by atoms with Crippen LogP contribution < -0.4 is 10.5 Å². The summed E-state index contributed by atoms with van der Waals surface area (Å²) in [5, 5.41) is 0. The number of nitrogen functional groups attached to an aromatic ring is 1. The van der Waals surface area contributed by atoms with Crippen LogP contribution >= 0.6 is 0 Å². The first kappa shape index (κ1) is 13.9. The summed E-state index contributed by atoms with van der Waals surface area (Å²) < 4.78 is 5.91. The minimum Gasteiger partial charge on any atom is -0.490 e. The first-order valence-corrected chi connectivity index (χ1v) is 7.46. The standard InChI is InChI=1S/C17H21N3O/c1-10(2)21-14-7-5-4-6-13(14)15-11(3)16(18)20-17(19-15)12-8-9-12/h4-7,10,12H,8-9H2,1-3H3,(H2,18,19,20). The summed E-state index contributed by atoms with van der Waals surface area (Å²) in [7, 11) is 0. The van der Waals surface area contributed by atoms with Gasteiger partial charge in [0.1, 0.15) is 17.4 Å². The summed E-state index contributed by atoms with van der Waals surface area (Å²) in [4.78, 5) is 9.20. The maximum absolute atomic E-state index is 6.08. The van der Waals surface area contributed by atoms with Crippen LogP contribution in [0.5, 0.6) is 5.75 Å². The number of ether oxygens (including phenoxy) is 1. The summed E-state index contributed by atoms with van der Waals surface area (Å²) in [6.45, 7) is 6.01. The van der Waals surface area contributed by atoms with Gasteiger partial charge in [-0.3, -0.25) is 0 Å². The van der Waals surface area contributed by atoms with Gasteiger partial charge in [-0.2, -0.15) is 0 Å². The van der Waals surface area contributed by atoms with E-state index in [4.69, 9.17) is 15.5 Å². The molecule has 1 aromatic carbocycles. The molecule has 110 valence electrons. The first-order valence-electron chi connectivity index (χ1n) is 7.46. The molecular formula is C17H21N3O. The molecule has 1 saturated carbocycles.